The third kappa shape index (κ3) is 7.42. The molecule has 8 heteroatoms. The molecule has 0 aliphatic heterocycles. The number of hydrogen-bond acceptors (Lipinski definition) is 6. The lowest BCUT2D eigenvalue weighted by atomic mass is 9.99. The molecule has 74 heavy (non-hydrogen) atoms. The highest BCUT2D eigenvalue weighted by molar-refractivity contribution is 6.11. The Balaban J connectivity index is 1.10. The van der Waals surface area contributed by atoms with Crippen LogP contribution in [0.4, 0.5) is 0 Å². The van der Waals surface area contributed by atoms with Gasteiger partial charge >= 0.3 is 0 Å². The molecule has 0 spiro atoms. The average Bonchev–Trinajstić information content (AvgIpc) is 4.00. The largest absolute Gasteiger partial charge is 0.308 e. The smallest absolute Gasteiger partial charge is 0.166 e. The van der Waals surface area contributed by atoms with Gasteiger partial charge in [0, 0.05) is 38.2 Å². The normalized spacial score (nSPS) is 11.2. The summed E-state index contributed by atoms with van der Waals surface area (Å²) in [5.74, 6) is 1.43. The predicted molar refractivity (Wildman–Crippen MR) is 295 cm³/mol. The van der Waals surface area contributed by atoms with E-state index in [-0.39, 0.29) is 0 Å². The molecule has 0 unspecified atom stereocenters. The maximum atomic E-state index is 9.70. The van der Waals surface area contributed by atoms with E-state index in [0.29, 0.717) is 34.2 Å². The summed E-state index contributed by atoms with van der Waals surface area (Å²) in [5.41, 5.74) is 15.8. The number of nitrogens with zero attached hydrogens (tertiary/aromatic N) is 8. The highest BCUT2D eigenvalue weighted by Crippen LogP contribution is 2.41. The lowest BCUT2D eigenvalue weighted by molar-refractivity contribution is 1.06. The fraction of sp³-hybridized carbons (Fsp3) is 0. The van der Waals surface area contributed by atoms with Gasteiger partial charge in [0.15, 0.2) is 17.5 Å². The molecule has 10 aromatic carbocycles. The van der Waals surface area contributed by atoms with Gasteiger partial charge in [-0.25, -0.2) is 15.0 Å². The van der Waals surface area contributed by atoms with Crippen LogP contribution in [0.1, 0.15) is 16.7 Å². The second-order valence-corrected chi connectivity index (χ2v) is 18.2. The zero-order valence-electron chi connectivity index (χ0n) is 39.5. The van der Waals surface area contributed by atoms with E-state index in [4.69, 9.17) is 15.0 Å². The van der Waals surface area contributed by atoms with E-state index < -0.39 is 0 Å². The molecule has 8 nitrogen and oxygen atoms in total. The molecule has 0 fully saturated rings. The van der Waals surface area contributed by atoms with E-state index in [9.17, 15) is 15.8 Å². The van der Waals surface area contributed by atoms with E-state index in [1.54, 1.807) is 6.07 Å². The molecule has 13 rings (SSSR count). The Bertz CT molecular complexity index is 4160. The van der Waals surface area contributed by atoms with Crippen LogP contribution in [0.2, 0.25) is 0 Å². The molecule has 0 saturated heterocycles. The number of nitriles is 3. The van der Waals surface area contributed by atoms with Crippen molar-refractivity contribution in [1.82, 2.24) is 24.1 Å². The molecule has 0 radical (unpaired) electrons. The number of rotatable bonds is 8. The van der Waals surface area contributed by atoms with Crippen molar-refractivity contribution >= 4 is 43.6 Å². The van der Waals surface area contributed by atoms with Crippen molar-refractivity contribution < 1.29 is 0 Å². The lowest BCUT2D eigenvalue weighted by Gasteiger charge is -2.18. The molecule has 0 N–H and O–H groups in total. The van der Waals surface area contributed by atoms with Crippen molar-refractivity contribution in [2.45, 2.75) is 0 Å². The summed E-state index contributed by atoms with van der Waals surface area (Å²) in [4.78, 5) is 16.4. The summed E-state index contributed by atoms with van der Waals surface area (Å²) < 4.78 is 4.60. The fourth-order valence-corrected chi connectivity index (χ4v) is 10.3. The van der Waals surface area contributed by atoms with Gasteiger partial charge in [0.25, 0.3) is 0 Å². The quantitative estimate of drug-likeness (QED) is 0.150. The molecule has 0 aliphatic carbocycles. The van der Waals surface area contributed by atoms with Crippen LogP contribution < -0.4 is 0 Å². The second-order valence-electron chi connectivity index (χ2n) is 18.2. The Kier molecular flexibility index (Phi) is 10.5. The maximum Gasteiger partial charge on any atom is 0.166 e. The summed E-state index contributed by atoms with van der Waals surface area (Å²) in [6.45, 7) is 0. The molecular formula is C66H38N8. The standard InChI is InChI=1S/C66H38N8/c67-39-42-20-24-45(25-21-42)50-32-34-56(62(37-50)73-58-16-5-1-12-52(58)53-13-2-6-17-59(53)73)65-70-64(48-30-28-47(29-31-48)49-11-9-10-44(36-49)41-69)71-66(72-65)57-35-33-51(46-26-22-43(40-68)23-27-46)38-63(57)74-60-18-7-3-14-54(60)55-15-4-8-19-61(55)74/h1-38H. The van der Waals surface area contributed by atoms with E-state index in [1.807, 2.05) is 91.0 Å². The topological polar surface area (TPSA) is 120 Å². The first-order chi connectivity index (χ1) is 36.5. The first-order valence-corrected chi connectivity index (χ1v) is 24.2. The van der Waals surface area contributed by atoms with Gasteiger partial charge in [-0.3, -0.25) is 0 Å². The molecule has 13 aromatic rings. The van der Waals surface area contributed by atoms with Crippen LogP contribution in [0.5, 0.6) is 0 Å². The Labute approximate surface area is 425 Å². The van der Waals surface area contributed by atoms with E-state index in [2.05, 4.69) is 161 Å². The van der Waals surface area contributed by atoms with Crippen molar-refractivity contribution in [2.75, 3.05) is 0 Å². The second kappa shape index (κ2) is 17.9. The van der Waals surface area contributed by atoms with Gasteiger partial charge in [-0.15, -0.1) is 0 Å². The lowest BCUT2D eigenvalue weighted by Crippen LogP contribution is -2.06. The Morgan fingerprint density at radius 1 is 0.270 bits per heavy atom. The summed E-state index contributed by atoms with van der Waals surface area (Å²) in [5, 5.41) is 33.5. The molecular weight excluding hydrogens is 905 g/mol. The monoisotopic (exact) mass is 942 g/mol. The Morgan fingerprint density at radius 2 is 0.608 bits per heavy atom. The maximum absolute atomic E-state index is 9.70. The van der Waals surface area contributed by atoms with Crippen molar-refractivity contribution in [2.24, 2.45) is 0 Å². The van der Waals surface area contributed by atoms with Crippen molar-refractivity contribution in [3.63, 3.8) is 0 Å². The van der Waals surface area contributed by atoms with Crippen LogP contribution >= 0.6 is 0 Å². The fourth-order valence-electron chi connectivity index (χ4n) is 10.3. The van der Waals surface area contributed by atoms with Crippen LogP contribution in [-0.2, 0) is 0 Å². The Morgan fingerprint density at radius 3 is 1.01 bits per heavy atom. The highest BCUT2D eigenvalue weighted by Gasteiger charge is 2.23. The first kappa shape index (κ1) is 43.3. The van der Waals surface area contributed by atoms with Crippen molar-refractivity contribution in [3.8, 4) is 97.1 Å². The molecule has 0 aliphatic rings. The van der Waals surface area contributed by atoms with Crippen molar-refractivity contribution in [1.29, 1.82) is 15.8 Å². The number of aromatic nitrogens is 5. The average molecular weight is 943 g/mol. The third-order valence-electron chi connectivity index (χ3n) is 13.9. The zero-order valence-corrected chi connectivity index (χ0v) is 39.5. The van der Waals surface area contributed by atoms with Crippen molar-refractivity contribution in [3.05, 3.63) is 247 Å². The number of para-hydroxylation sites is 4. The predicted octanol–water partition coefficient (Wildman–Crippen LogP) is 15.7. The molecule has 0 saturated carbocycles. The van der Waals surface area contributed by atoms with E-state index >= 15 is 0 Å². The third-order valence-corrected chi connectivity index (χ3v) is 13.9. The summed E-state index contributed by atoms with van der Waals surface area (Å²) in [6, 6.07) is 84.5. The SMILES string of the molecule is N#Cc1ccc(-c2ccc(-c3nc(-c4ccc(-c5cccc(C#N)c5)cc4)nc(-c4ccc(-c5ccc(C#N)cc5)cc4-n4c5ccccc5c5ccccc54)n3)c(-n3c4ccccc4c4ccccc43)c2)cc1. The summed E-state index contributed by atoms with van der Waals surface area (Å²) in [6.07, 6.45) is 0. The van der Waals surface area contributed by atoms with Crippen LogP contribution in [-0.4, -0.2) is 24.1 Å². The van der Waals surface area contributed by atoms with Gasteiger partial charge in [0.2, 0.25) is 0 Å². The van der Waals surface area contributed by atoms with Gasteiger partial charge in [-0.05, 0) is 118 Å². The number of hydrogen-bond donors (Lipinski definition) is 0. The van der Waals surface area contributed by atoms with E-state index in [0.717, 1.165) is 105 Å². The summed E-state index contributed by atoms with van der Waals surface area (Å²) in [7, 11) is 0. The van der Waals surface area contributed by atoms with E-state index in [1.165, 1.54) is 0 Å². The molecule has 0 amide bonds. The zero-order chi connectivity index (χ0) is 49.7. The van der Waals surface area contributed by atoms with Gasteiger partial charge in [0.05, 0.1) is 68.3 Å². The first-order valence-electron chi connectivity index (χ1n) is 24.2. The molecule has 0 bridgehead atoms. The minimum Gasteiger partial charge on any atom is -0.308 e. The van der Waals surface area contributed by atoms with Gasteiger partial charge in [0.1, 0.15) is 0 Å². The molecule has 0 atom stereocenters. The number of fused-ring (bicyclic) bond motifs is 6. The van der Waals surface area contributed by atoms with Crippen LogP contribution in [0.15, 0.2) is 231 Å². The van der Waals surface area contributed by atoms with Gasteiger partial charge < -0.3 is 9.13 Å². The number of benzene rings is 10. The molecule has 342 valence electrons. The molecule has 3 aromatic heterocycles. The van der Waals surface area contributed by atoms with Crippen LogP contribution in [0.25, 0.3) is 123 Å². The van der Waals surface area contributed by atoms with Gasteiger partial charge in [-0.2, -0.15) is 15.8 Å². The Hall–Kier alpha value is -10.7. The summed E-state index contributed by atoms with van der Waals surface area (Å²) >= 11 is 0. The van der Waals surface area contributed by atoms with Crippen LogP contribution in [0, 0.1) is 34.0 Å². The minimum atomic E-state index is 0.475. The highest BCUT2D eigenvalue weighted by atomic mass is 15.1. The molecule has 3 heterocycles. The van der Waals surface area contributed by atoms with Gasteiger partial charge in [-0.1, -0.05) is 146 Å². The minimum absolute atomic E-state index is 0.475. The van der Waals surface area contributed by atoms with Crippen LogP contribution in [0.3, 0.4) is 0 Å².